The van der Waals surface area contributed by atoms with E-state index in [1.54, 1.807) is 4.90 Å². The highest BCUT2D eigenvalue weighted by Gasteiger charge is 2.31. The van der Waals surface area contributed by atoms with Gasteiger partial charge in [-0.25, -0.2) is 4.98 Å². The first-order valence-electron chi connectivity index (χ1n) is 5.59. The average Bonchev–Trinajstić information content (AvgIpc) is 2.74. The minimum Gasteiger partial charge on any atom is -0.338 e. The molecule has 1 aliphatic rings. The van der Waals surface area contributed by atoms with Gasteiger partial charge in [-0.2, -0.15) is 0 Å². The Morgan fingerprint density at radius 2 is 2.39 bits per heavy atom. The predicted octanol–water partition coefficient (Wildman–Crippen LogP) is 2.13. The van der Waals surface area contributed by atoms with Crippen molar-refractivity contribution in [1.29, 1.82) is 0 Å². The van der Waals surface area contributed by atoms with Crippen molar-refractivity contribution in [1.82, 2.24) is 9.88 Å². The van der Waals surface area contributed by atoms with Gasteiger partial charge in [0.05, 0.1) is 4.92 Å². The molecule has 1 aliphatic heterocycles. The van der Waals surface area contributed by atoms with E-state index in [9.17, 15) is 14.9 Å². The van der Waals surface area contributed by atoms with Crippen molar-refractivity contribution in [3.05, 3.63) is 33.1 Å². The van der Waals surface area contributed by atoms with E-state index in [-0.39, 0.29) is 16.6 Å². The Kier molecular flexibility index (Phi) is 3.47. The van der Waals surface area contributed by atoms with Gasteiger partial charge in [0.15, 0.2) is 0 Å². The number of hydrogen-bond acceptors (Lipinski definition) is 4. The Labute approximate surface area is 109 Å². The van der Waals surface area contributed by atoms with Crippen molar-refractivity contribution in [2.24, 2.45) is 5.92 Å². The number of nitro groups is 1. The largest absolute Gasteiger partial charge is 0.338 e. The van der Waals surface area contributed by atoms with Gasteiger partial charge in [0.2, 0.25) is 5.15 Å². The van der Waals surface area contributed by atoms with Crippen LogP contribution in [0.5, 0.6) is 0 Å². The van der Waals surface area contributed by atoms with Crippen molar-refractivity contribution in [2.75, 3.05) is 13.1 Å². The number of carbonyl (C=O) groups is 1. The molecule has 0 aliphatic carbocycles. The smallest absolute Gasteiger partial charge is 0.319 e. The molecular formula is C11H12ClN3O3. The predicted molar refractivity (Wildman–Crippen MR) is 65.6 cm³/mol. The van der Waals surface area contributed by atoms with E-state index in [1.165, 1.54) is 12.3 Å². The average molecular weight is 270 g/mol. The summed E-state index contributed by atoms with van der Waals surface area (Å²) in [5.74, 6) is 0.0701. The molecule has 96 valence electrons. The fourth-order valence-electron chi connectivity index (χ4n) is 2.06. The molecule has 0 bridgehead atoms. The summed E-state index contributed by atoms with van der Waals surface area (Å²) in [5, 5.41) is 10.7. The van der Waals surface area contributed by atoms with Crippen LogP contribution >= 0.6 is 11.6 Å². The number of hydrogen-bond donors (Lipinski definition) is 0. The molecule has 2 rings (SSSR count). The van der Waals surface area contributed by atoms with Gasteiger partial charge in [-0.05, 0) is 18.4 Å². The number of amides is 1. The molecule has 1 atom stereocenters. The maximum Gasteiger partial charge on any atom is 0.319 e. The van der Waals surface area contributed by atoms with E-state index >= 15 is 0 Å². The standard InChI is InChI=1S/C11H12ClN3O3/c1-7-3-5-14(6-7)11(16)8-2-4-13-10(12)9(8)15(17)18/h2,4,7H,3,5-6H2,1H3. The highest BCUT2D eigenvalue weighted by molar-refractivity contribution is 6.32. The summed E-state index contributed by atoms with van der Waals surface area (Å²) in [4.78, 5) is 27.7. The molecule has 0 saturated carbocycles. The zero-order chi connectivity index (χ0) is 13.3. The van der Waals surface area contributed by atoms with Crippen LogP contribution in [0.25, 0.3) is 0 Å². The molecule has 1 unspecified atom stereocenters. The summed E-state index contributed by atoms with van der Waals surface area (Å²) in [6.07, 6.45) is 2.22. The van der Waals surface area contributed by atoms with Crippen LogP contribution in [0.4, 0.5) is 5.69 Å². The minimum absolute atomic E-state index is 0.00843. The number of nitrogens with zero attached hydrogens (tertiary/aromatic N) is 3. The molecule has 0 radical (unpaired) electrons. The van der Waals surface area contributed by atoms with Gasteiger partial charge < -0.3 is 4.90 Å². The Balaban J connectivity index is 2.36. The molecule has 1 fully saturated rings. The molecule has 6 nitrogen and oxygen atoms in total. The van der Waals surface area contributed by atoms with E-state index in [1.807, 2.05) is 6.92 Å². The minimum atomic E-state index is -0.665. The second-order valence-corrected chi connectivity index (χ2v) is 4.76. The van der Waals surface area contributed by atoms with Gasteiger partial charge >= 0.3 is 5.69 Å². The van der Waals surface area contributed by atoms with Gasteiger partial charge in [0.1, 0.15) is 5.56 Å². The third kappa shape index (κ3) is 2.28. The zero-order valence-corrected chi connectivity index (χ0v) is 10.6. The number of likely N-dealkylation sites (tertiary alicyclic amines) is 1. The Bertz CT molecular complexity index is 506. The Hall–Kier alpha value is -1.69. The van der Waals surface area contributed by atoms with E-state index < -0.39 is 10.6 Å². The van der Waals surface area contributed by atoms with E-state index in [0.29, 0.717) is 19.0 Å². The molecular weight excluding hydrogens is 258 g/mol. The van der Waals surface area contributed by atoms with Crippen LogP contribution in [-0.4, -0.2) is 33.8 Å². The van der Waals surface area contributed by atoms with E-state index in [2.05, 4.69) is 4.98 Å². The van der Waals surface area contributed by atoms with Crippen molar-refractivity contribution >= 4 is 23.2 Å². The lowest BCUT2D eigenvalue weighted by molar-refractivity contribution is -0.385. The van der Waals surface area contributed by atoms with Crippen molar-refractivity contribution < 1.29 is 9.72 Å². The van der Waals surface area contributed by atoms with Gasteiger partial charge in [-0.15, -0.1) is 0 Å². The Morgan fingerprint density at radius 1 is 1.67 bits per heavy atom. The highest BCUT2D eigenvalue weighted by Crippen LogP contribution is 2.28. The maximum absolute atomic E-state index is 12.2. The van der Waals surface area contributed by atoms with Crippen molar-refractivity contribution in [2.45, 2.75) is 13.3 Å². The van der Waals surface area contributed by atoms with Crippen LogP contribution in [0.2, 0.25) is 5.15 Å². The molecule has 7 heteroatoms. The fourth-order valence-corrected chi connectivity index (χ4v) is 2.29. The molecule has 1 aromatic heterocycles. The summed E-state index contributed by atoms with van der Waals surface area (Å²) in [7, 11) is 0. The van der Waals surface area contributed by atoms with Crippen molar-refractivity contribution in [3.8, 4) is 0 Å². The second-order valence-electron chi connectivity index (χ2n) is 4.40. The number of pyridine rings is 1. The Morgan fingerprint density at radius 3 is 2.94 bits per heavy atom. The molecule has 0 N–H and O–H groups in total. The third-order valence-corrected chi connectivity index (χ3v) is 3.28. The fraction of sp³-hybridized carbons (Fsp3) is 0.455. The zero-order valence-electron chi connectivity index (χ0n) is 9.80. The number of aromatic nitrogens is 1. The van der Waals surface area contributed by atoms with Gasteiger partial charge in [0, 0.05) is 19.3 Å². The van der Waals surface area contributed by atoms with Crippen LogP contribution in [0.3, 0.4) is 0 Å². The quantitative estimate of drug-likeness (QED) is 0.468. The lowest BCUT2D eigenvalue weighted by Crippen LogP contribution is -2.29. The molecule has 1 saturated heterocycles. The monoisotopic (exact) mass is 269 g/mol. The van der Waals surface area contributed by atoms with Crippen LogP contribution in [0, 0.1) is 16.0 Å². The first kappa shape index (κ1) is 12.8. The van der Waals surface area contributed by atoms with E-state index in [4.69, 9.17) is 11.6 Å². The van der Waals surface area contributed by atoms with Crippen LogP contribution in [0.1, 0.15) is 23.7 Å². The molecule has 0 aromatic carbocycles. The van der Waals surface area contributed by atoms with Crippen molar-refractivity contribution in [3.63, 3.8) is 0 Å². The molecule has 1 amide bonds. The number of rotatable bonds is 2. The van der Waals surface area contributed by atoms with E-state index in [0.717, 1.165) is 6.42 Å². The SMILES string of the molecule is CC1CCN(C(=O)c2ccnc(Cl)c2[N+](=O)[O-])C1. The number of carbonyl (C=O) groups excluding carboxylic acids is 1. The third-order valence-electron chi connectivity index (χ3n) is 3.00. The lowest BCUT2D eigenvalue weighted by atomic mass is 10.2. The van der Waals surface area contributed by atoms with Gasteiger partial charge in [-0.3, -0.25) is 14.9 Å². The lowest BCUT2D eigenvalue weighted by Gasteiger charge is -2.15. The molecule has 1 aromatic rings. The number of halogens is 1. The van der Waals surface area contributed by atoms with Crippen LogP contribution in [0.15, 0.2) is 12.3 Å². The molecule has 2 heterocycles. The summed E-state index contributed by atoms with van der Waals surface area (Å²) in [6.45, 7) is 3.29. The first-order chi connectivity index (χ1) is 8.50. The van der Waals surface area contributed by atoms with Gasteiger partial charge in [-0.1, -0.05) is 18.5 Å². The van der Waals surface area contributed by atoms with Crippen LogP contribution < -0.4 is 0 Å². The summed E-state index contributed by atoms with van der Waals surface area (Å²) >= 11 is 5.68. The van der Waals surface area contributed by atoms with Gasteiger partial charge in [0.25, 0.3) is 5.91 Å². The highest BCUT2D eigenvalue weighted by atomic mass is 35.5. The first-order valence-corrected chi connectivity index (χ1v) is 5.96. The summed E-state index contributed by atoms with van der Waals surface area (Å²) in [6, 6.07) is 1.34. The molecule has 0 spiro atoms. The topological polar surface area (TPSA) is 76.3 Å². The summed E-state index contributed by atoms with van der Waals surface area (Å²) in [5.41, 5.74) is -0.405. The second kappa shape index (κ2) is 4.89. The van der Waals surface area contributed by atoms with Crippen LogP contribution in [-0.2, 0) is 0 Å². The molecule has 18 heavy (non-hydrogen) atoms. The maximum atomic E-state index is 12.2. The summed E-state index contributed by atoms with van der Waals surface area (Å²) < 4.78 is 0. The normalized spacial score (nSPS) is 19.0.